The van der Waals surface area contributed by atoms with Gasteiger partial charge in [-0.15, -0.1) is 0 Å². The summed E-state index contributed by atoms with van der Waals surface area (Å²) in [6, 6.07) is 41.7. The van der Waals surface area contributed by atoms with Gasteiger partial charge >= 0.3 is 6.18 Å². The van der Waals surface area contributed by atoms with Crippen LogP contribution in [0, 0.1) is 0 Å². The van der Waals surface area contributed by atoms with E-state index in [9.17, 15) is 22.8 Å². The fourth-order valence-electron chi connectivity index (χ4n) is 6.36. The quantitative estimate of drug-likeness (QED) is 0.131. The summed E-state index contributed by atoms with van der Waals surface area (Å²) >= 11 is 0. The van der Waals surface area contributed by atoms with Gasteiger partial charge in [-0.1, -0.05) is 127 Å². The molecule has 1 aliphatic heterocycles. The van der Waals surface area contributed by atoms with E-state index in [0.717, 1.165) is 40.9 Å². The molecule has 0 saturated carbocycles. The summed E-state index contributed by atoms with van der Waals surface area (Å²) in [5, 5.41) is 0. The van der Waals surface area contributed by atoms with Crippen LogP contribution in [0.2, 0.25) is 0 Å². The fraction of sp³-hybridized carbons (Fsp3) is 0.209. The number of alkyl halides is 3. The third-order valence-electron chi connectivity index (χ3n) is 9.22. The number of amides is 2. The summed E-state index contributed by atoms with van der Waals surface area (Å²) in [5.74, 6) is -0.533. The maximum absolute atomic E-state index is 14.5. The molecule has 0 bridgehead atoms. The van der Waals surface area contributed by atoms with E-state index < -0.39 is 23.7 Å². The van der Waals surface area contributed by atoms with Crippen molar-refractivity contribution in [2.45, 2.75) is 31.7 Å². The minimum absolute atomic E-state index is 0.129. The van der Waals surface area contributed by atoms with Crippen LogP contribution in [0.1, 0.15) is 27.8 Å². The lowest BCUT2D eigenvalue weighted by molar-refractivity contribution is -0.145. The predicted molar refractivity (Wildman–Crippen MR) is 195 cm³/mol. The second-order valence-corrected chi connectivity index (χ2v) is 12.8. The Morgan fingerprint density at radius 2 is 1.20 bits per heavy atom. The summed E-state index contributed by atoms with van der Waals surface area (Å²) in [7, 11) is 0. The van der Waals surface area contributed by atoms with Gasteiger partial charge < -0.3 is 9.80 Å². The number of carbonyl (C=O) groups excluding carboxylic acids is 2. The van der Waals surface area contributed by atoms with Gasteiger partial charge in [0.05, 0.1) is 5.56 Å². The minimum atomic E-state index is -4.46. The molecule has 6 rings (SSSR count). The number of nitrogens with zero attached hydrogens (tertiary/aromatic N) is 3. The van der Waals surface area contributed by atoms with Crippen molar-refractivity contribution in [2.75, 3.05) is 26.2 Å². The number of hydrogen-bond acceptors (Lipinski definition) is 3. The Balaban J connectivity index is 1.28. The van der Waals surface area contributed by atoms with Crippen molar-refractivity contribution in [3.8, 4) is 11.1 Å². The maximum atomic E-state index is 14.5. The SMILES string of the molecule is O=C(C(Cc1ccccc1)N(Cc1ccc(-c2ccccc2)cc1)C(=O)/C=C/c1ccc(C(F)(F)F)cc1)N1CCN(Cc2ccccc2)CC1. The first kappa shape index (κ1) is 35.4. The zero-order chi connectivity index (χ0) is 35.6. The van der Waals surface area contributed by atoms with Gasteiger partial charge in [0.2, 0.25) is 11.8 Å². The molecular weight excluding hydrogens is 647 g/mol. The molecule has 1 heterocycles. The van der Waals surface area contributed by atoms with Gasteiger partial charge in [-0.25, -0.2) is 0 Å². The molecule has 1 unspecified atom stereocenters. The summed E-state index contributed by atoms with van der Waals surface area (Å²) in [6.07, 6.45) is -1.29. The summed E-state index contributed by atoms with van der Waals surface area (Å²) < 4.78 is 39.5. The standard InChI is InChI=1S/C43H40F3N3O2/c44-43(45,46)39-23-18-33(19-24-39)20-25-41(50)49(32-36-16-21-38(22-17-36)37-14-8-3-9-15-37)40(30-34-10-4-1-5-11-34)42(51)48-28-26-47(27-29-48)31-35-12-6-2-7-13-35/h1-25,40H,26-32H2/b25-20+. The number of carbonyl (C=O) groups is 2. The van der Waals surface area contributed by atoms with Gasteiger partial charge in [-0.3, -0.25) is 14.5 Å². The third kappa shape index (κ3) is 9.61. The molecule has 0 aromatic heterocycles. The van der Waals surface area contributed by atoms with Gasteiger partial charge in [-0.2, -0.15) is 13.2 Å². The molecule has 5 aromatic rings. The molecule has 5 aromatic carbocycles. The van der Waals surface area contributed by atoms with E-state index >= 15 is 0 Å². The van der Waals surface area contributed by atoms with E-state index in [1.807, 2.05) is 108 Å². The van der Waals surface area contributed by atoms with Crippen molar-refractivity contribution >= 4 is 17.9 Å². The van der Waals surface area contributed by atoms with Crippen LogP contribution in [0.5, 0.6) is 0 Å². The third-order valence-corrected chi connectivity index (χ3v) is 9.22. The topological polar surface area (TPSA) is 43.9 Å². The van der Waals surface area contributed by atoms with Crippen LogP contribution in [0.25, 0.3) is 17.2 Å². The number of halogens is 3. The Morgan fingerprint density at radius 3 is 1.78 bits per heavy atom. The van der Waals surface area contributed by atoms with Gasteiger partial charge in [0.15, 0.2) is 0 Å². The Labute approximate surface area is 297 Å². The molecule has 0 radical (unpaired) electrons. The summed E-state index contributed by atoms with van der Waals surface area (Å²) in [4.78, 5) is 34.5. The Kier molecular flexibility index (Phi) is 11.4. The Morgan fingerprint density at radius 1 is 0.647 bits per heavy atom. The largest absolute Gasteiger partial charge is 0.416 e. The number of benzene rings is 5. The normalized spacial score (nSPS) is 14.4. The maximum Gasteiger partial charge on any atom is 0.416 e. The average molecular weight is 688 g/mol. The van der Waals surface area contributed by atoms with Crippen molar-refractivity contribution in [3.05, 3.63) is 173 Å². The first-order chi connectivity index (χ1) is 24.7. The highest BCUT2D eigenvalue weighted by Gasteiger charge is 2.34. The van der Waals surface area contributed by atoms with Crippen LogP contribution in [0.3, 0.4) is 0 Å². The zero-order valence-electron chi connectivity index (χ0n) is 28.3. The molecule has 1 atom stereocenters. The molecule has 1 fully saturated rings. The van der Waals surface area contributed by atoms with Crippen LogP contribution in [-0.2, 0) is 35.3 Å². The van der Waals surface area contributed by atoms with Gasteiger partial charge in [-0.05, 0) is 51.6 Å². The molecule has 1 aliphatic rings. The number of piperazine rings is 1. The number of hydrogen-bond donors (Lipinski definition) is 0. The second kappa shape index (κ2) is 16.5. The molecule has 0 spiro atoms. The van der Waals surface area contributed by atoms with Crippen LogP contribution < -0.4 is 0 Å². The van der Waals surface area contributed by atoms with Crippen molar-refractivity contribution in [1.29, 1.82) is 0 Å². The first-order valence-electron chi connectivity index (χ1n) is 17.1. The van der Waals surface area contributed by atoms with E-state index in [1.165, 1.54) is 29.8 Å². The van der Waals surface area contributed by atoms with E-state index in [-0.39, 0.29) is 12.5 Å². The average Bonchev–Trinajstić information content (AvgIpc) is 3.16. The van der Waals surface area contributed by atoms with Crippen LogP contribution in [0.4, 0.5) is 13.2 Å². The Bertz CT molecular complexity index is 1890. The van der Waals surface area contributed by atoms with E-state index in [1.54, 1.807) is 4.90 Å². The monoisotopic (exact) mass is 687 g/mol. The van der Waals surface area contributed by atoms with Crippen molar-refractivity contribution in [1.82, 2.24) is 14.7 Å². The van der Waals surface area contributed by atoms with E-state index in [0.29, 0.717) is 38.2 Å². The predicted octanol–water partition coefficient (Wildman–Crippen LogP) is 8.37. The van der Waals surface area contributed by atoms with E-state index in [2.05, 4.69) is 17.0 Å². The highest BCUT2D eigenvalue weighted by Crippen LogP contribution is 2.29. The fourth-order valence-corrected chi connectivity index (χ4v) is 6.36. The molecule has 51 heavy (non-hydrogen) atoms. The van der Waals surface area contributed by atoms with Crippen LogP contribution >= 0.6 is 0 Å². The van der Waals surface area contributed by atoms with Gasteiger partial charge in [0, 0.05) is 51.8 Å². The first-order valence-corrected chi connectivity index (χ1v) is 17.1. The molecule has 0 aliphatic carbocycles. The van der Waals surface area contributed by atoms with Gasteiger partial charge in [0.25, 0.3) is 0 Å². The highest BCUT2D eigenvalue weighted by molar-refractivity contribution is 5.95. The van der Waals surface area contributed by atoms with Crippen molar-refractivity contribution in [2.24, 2.45) is 0 Å². The molecule has 1 saturated heterocycles. The molecule has 0 N–H and O–H groups in total. The van der Waals surface area contributed by atoms with E-state index in [4.69, 9.17) is 0 Å². The second-order valence-electron chi connectivity index (χ2n) is 12.8. The molecule has 5 nitrogen and oxygen atoms in total. The molecule has 2 amide bonds. The van der Waals surface area contributed by atoms with Crippen LogP contribution in [-0.4, -0.2) is 58.7 Å². The summed E-state index contributed by atoms with van der Waals surface area (Å²) in [5.41, 5.74) is 4.78. The lowest BCUT2D eigenvalue weighted by atomic mass is 10.0. The molecule has 260 valence electrons. The molecule has 8 heteroatoms. The molecular formula is C43H40F3N3O2. The van der Waals surface area contributed by atoms with Crippen molar-refractivity contribution < 1.29 is 22.8 Å². The lowest BCUT2D eigenvalue weighted by Crippen LogP contribution is -2.56. The van der Waals surface area contributed by atoms with Crippen molar-refractivity contribution in [3.63, 3.8) is 0 Å². The summed E-state index contributed by atoms with van der Waals surface area (Å²) in [6.45, 7) is 3.46. The lowest BCUT2D eigenvalue weighted by Gasteiger charge is -2.39. The highest BCUT2D eigenvalue weighted by atomic mass is 19.4. The van der Waals surface area contributed by atoms with Crippen LogP contribution in [0.15, 0.2) is 146 Å². The minimum Gasteiger partial charge on any atom is -0.338 e. The zero-order valence-corrected chi connectivity index (χ0v) is 28.3. The Hall–Kier alpha value is -5.47. The smallest absolute Gasteiger partial charge is 0.338 e. The van der Waals surface area contributed by atoms with Gasteiger partial charge in [0.1, 0.15) is 6.04 Å². The number of rotatable bonds is 11.